The minimum absolute atomic E-state index is 0.0644. The lowest BCUT2D eigenvalue weighted by Crippen LogP contribution is -2.35. The Bertz CT molecular complexity index is 535. The van der Waals surface area contributed by atoms with Crippen LogP contribution in [0.25, 0.3) is 0 Å². The standard InChI is InChI=1S/C12H9BrFN3O2/c13-9-1-2-11(10(14)7-9)19-8-12(18)17(5-3-15)6-4-16/h1-2,7H,5-6,8H2. The number of amides is 1. The van der Waals surface area contributed by atoms with Crippen molar-refractivity contribution >= 4 is 21.8 Å². The maximum Gasteiger partial charge on any atom is 0.262 e. The predicted molar refractivity (Wildman–Crippen MR) is 67.4 cm³/mol. The van der Waals surface area contributed by atoms with Gasteiger partial charge in [0.1, 0.15) is 13.1 Å². The molecular weight excluding hydrogens is 317 g/mol. The summed E-state index contributed by atoms with van der Waals surface area (Å²) in [6.07, 6.45) is 0. The molecule has 0 saturated heterocycles. The van der Waals surface area contributed by atoms with Crippen LogP contribution in [0.1, 0.15) is 0 Å². The minimum Gasteiger partial charge on any atom is -0.481 e. The molecule has 0 aliphatic carbocycles. The molecule has 19 heavy (non-hydrogen) atoms. The average molecular weight is 326 g/mol. The summed E-state index contributed by atoms with van der Waals surface area (Å²) in [6, 6.07) is 7.70. The summed E-state index contributed by atoms with van der Waals surface area (Å²) >= 11 is 3.10. The van der Waals surface area contributed by atoms with Crippen molar-refractivity contribution in [3.8, 4) is 17.9 Å². The van der Waals surface area contributed by atoms with Crippen molar-refractivity contribution in [3.63, 3.8) is 0 Å². The quantitative estimate of drug-likeness (QED) is 0.774. The molecule has 1 aromatic rings. The van der Waals surface area contributed by atoms with Crippen molar-refractivity contribution in [2.75, 3.05) is 19.7 Å². The fourth-order valence-corrected chi connectivity index (χ4v) is 1.56. The van der Waals surface area contributed by atoms with Gasteiger partial charge in [0.2, 0.25) is 0 Å². The van der Waals surface area contributed by atoms with Gasteiger partial charge in [-0.25, -0.2) is 4.39 Å². The summed E-state index contributed by atoms with van der Waals surface area (Å²) in [5.41, 5.74) is 0. The zero-order chi connectivity index (χ0) is 14.3. The molecule has 7 heteroatoms. The number of nitriles is 2. The molecule has 0 spiro atoms. The molecule has 0 radical (unpaired) electrons. The van der Waals surface area contributed by atoms with Gasteiger partial charge in [-0.15, -0.1) is 0 Å². The number of ether oxygens (including phenoxy) is 1. The molecule has 98 valence electrons. The van der Waals surface area contributed by atoms with Gasteiger partial charge in [-0.3, -0.25) is 4.79 Å². The Labute approximate surface area is 117 Å². The molecular formula is C12H9BrFN3O2. The van der Waals surface area contributed by atoms with Crippen molar-refractivity contribution in [1.82, 2.24) is 4.90 Å². The number of nitrogens with zero attached hydrogens (tertiary/aromatic N) is 3. The summed E-state index contributed by atoms with van der Waals surface area (Å²) in [4.78, 5) is 12.7. The van der Waals surface area contributed by atoms with E-state index in [0.717, 1.165) is 4.90 Å². The molecule has 1 amide bonds. The second-order valence-corrected chi connectivity index (χ2v) is 4.35. The van der Waals surface area contributed by atoms with Crippen LogP contribution in [-0.2, 0) is 4.79 Å². The molecule has 0 unspecified atom stereocenters. The van der Waals surface area contributed by atoms with E-state index in [0.29, 0.717) is 4.47 Å². The fourth-order valence-electron chi connectivity index (χ4n) is 1.23. The van der Waals surface area contributed by atoms with Crippen LogP contribution in [-0.4, -0.2) is 30.5 Å². The largest absolute Gasteiger partial charge is 0.481 e. The highest BCUT2D eigenvalue weighted by Crippen LogP contribution is 2.21. The Morgan fingerprint density at radius 1 is 1.37 bits per heavy atom. The second-order valence-electron chi connectivity index (χ2n) is 3.43. The van der Waals surface area contributed by atoms with Gasteiger partial charge in [0.05, 0.1) is 12.1 Å². The van der Waals surface area contributed by atoms with Crippen molar-refractivity contribution in [2.24, 2.45) is 0 Å². The lowest BCUT2D eigenvalue weighted by molar-refractivity contribution is -0.132. The monoisotopic (exact) mass is 325 g/mol. The summed E-state index contributed by atoms with van der Waals surface area (Å²) < 4.78 is 19.0. The Hall–Kier alpha value is -2.12. The van der Waals surface area contributed by atoms with Crippen LogP contribution in [0.5, 0.6) is 5.75 Å². The molecule has 0 fully saturated rings. The molecule has 0 aliphatic rings. The van der Waals surface area contributed by atoms with E-state index in [1.807, 2.05) is 0 Å². The number of benzene rings is 1. The first kappa shape index (κ1) is 14.9. The smallest absolute Gasteiger partial charge is 0.262 e. The maximum absolute atomic E-state index is 13.4. The van der Waals surface area contributed by atoms with Gasteiger partial charge in [-0.2, -0.15) is 10.5 Å². The average Bonchev–Trinajstić information content (AvgIpc) is 2.37. The number of hydrogen-bond donors (Lipinski definition) is 0. The zero-order valence-corrected chi connectivity index (χ0v) is 11.4. The van der Waals surface area contributed by atoms with E-state index < -0.39 is 18.3 Å². The molecule has 0 saturated carbocycles. The van der Waals surface area contributed by atoms with E-state index >= 15 is 0 Å². The summed E-state index contributed by atoms with van der Waals surface area (Å²) in [6.45, 7) is -0.848. The highest BCUT2D eigenvalue weighted by Gasteiger charge is 2.14. The third-order valence-corrected chi connectivity index (χ3v) is 2.61. The third-order valence-electron chi connectivity index (χ3n) is 2.12. The number of carbonyl (C=O) groups excluding carboxylic acids is 1. The Balaban J connectivity index is 2.63. The molecule has 1 rings (SSSR count). The van der Waals surface area contributed by atoms with Gasteiger partial charge in [0.25, 0.3) is 5.91 Å². The van der Waals surface area contributed by atoms with Crippen molar-refractivity contribution in [3.05, 3.63) is 28.5 Å². The third kappa shape index (κ3) is 4.57. The number of rotatable bonds is 5. The van der Waals surface area contributed by atoms with E-state index in [1.165, 1.54) is 12.1 Å². The Morgan fingerprint density at radius 3 is 2.53 bits per heavy atom. The maximum atomic E-state index is 13.4. The summed E-state index contributed by atoms with van der Waals surface area (Å²) in [7, 11) is 0. The van der Waals surface area contributed by atoms with Gasteiger partial charge >= 0.3 is 0 Å². The SMILES string of the molecule is N#CCN(CC#N)C(=O)COc1ccc(Br)cc1F. The van der Waals surface area contributed by atoms with Crippen molar-refractivity contribution in [2.45, 2.75) is 0 Å². The Morgan fingerprint density at radius 2 is 2.00 bits per heavy atom. The zero-order valence-electron chi connectivity index (χ0n) is 9.77. The molecule has 5 nitrogen and oxygen atoms in total. The predicted octanol–water partition coefficient (Wildman–Crippen LogP) is 1.84. The molecule has 0 aromatic heterocycles. The highest BCUT2D eigenvalue weighted by atomic mass is 79.9. The van der Waals surface area contributed by atoms with E-state index in [2.05, 4.69) is 15.9 Å². The second kappa shape index (κ2) is 7.34. The van der Waals surface area contributed by atoms with Crippen LogP contribution in [0.15, 0.2) is 22.7 Å². The van der Waals surface area contributed by atoms with Crippen LogP contribution in [0, 0.1) is 28.5 Å². The molecule has 0 N–H and O–H groups in total. The lowest BCUT2D eigenvalue weighted by Gasteiger charge is -2.16. The molecule has 0 aliphatic heterocycles. The van der Waals surface area contributed by atoms with Crippen molar-refractivity contribution < 1.29 is 13.9 Å². The number of carbonyl (C=O) groups is 1. The van der Waals surface area contributed by atoms with Gasteiger partial charge in [0, 0.05) is 4.47 Å². The van der Waals surface area contributed by atoms with Crippen LogP contribution in [0.4, 0.5) is 4.39 Å². The number of halogens is 2. The van der Waals surface area contributed by atoms with Crippen molar-refractivity contribution in [1.29, 1.82) is 10.5 Å². The van der Waals surface area contributed by atoms with Crippen LogP contribution < -0.4 is 4.74 Å². The van der Waals surface area contributed by atoms with E-state index in [9.17, 15) is 9.18 Å². The first-order valence-corrected chi connectivity index (χ1v) is 5.97. The Kier molecular flexibility index (Phi) is 5.77. The molecule has 1 aromatic carbocycles. The fraction of sp³-hybridized carbons (Fsp3) is 0.250. The summed E-state index contributed by atoms with van der Waals surface area (Å²) in [5.74, 6) is -1.22. The first-order valence-electron chi connectivity index (χ1n) is 5.18. The van der Waals surface area contributed by atoms with E-state index in [1.54, 1.807) is 18.2 Å². The summed E-state index contributed by atoms with van der Waals surface area (Å²) in [5, 5.41) is 17.0. The molecule has 0 atom stereocenters. The van der Waals surface area contributed by atoms with Gasteiger partial charge < -0.3 is 9.64 Å². The van der Waals surface area contributed by atoms with Crippen LogP contribution in [0.2, 0.25) is 0 Å². The number of hydrogen-bond acceptors (Lipinski definition) is 4. The highest BCUT2D eigenvalue weighted by molar-refractivity contribution is 9.10. The van der Waals surface area contributed by atoms with Gasteiger partial charge in [-0.05, 0) is 18.2 Å². The molecule has 0 bridgehead atoms. The van der Waals surface area contributed by atoms with Crippen LogP contribution in [0.3, 0.4) is 0 Å². The van der Waals surface area contributed by atoms with Gasteiger partial charge in [0.15, 0.2) is 18.2 Å². The van der Waals surface area contributed by atoms with E-state index in [4.69, 9.17) is 15.3 Å². The first-order chi connectivity index (χ1) is 9.08. The molecule has 0 heterocycles. The van der Waals surface area contributed by atoms with Crippen LogP contribution >= 0.6 is 15.9 Å². The van der Waals surface area contributed by atoms with E-state index in [-0.39, 0.29) is 18.8 Å². The normalized spacial score (nSPS) is 9.26. The topological polar surface area (TPSA) is 77.1 Å². The lowest BCUT2D eigenvalue weighted by atomic mass is 10.3. The van der Waals surface area contributed by atoms with Gasteiger partial charge in [-0.1, -0.05) is 15.9 Å². The minimum atomic E-state index is -0.603.